The number of hydrogen-bond donors (Lipinski definition) is 8. The molecule has 0 aliphatic rings. The molecule has 0 saturated carbocycles. The summed E-state index contributed by atoms with van der Waals surface area (Å²) in [4.78, 5) is 36.0. The average molecular weight is 400 g/mol. The third-order valence-electron chi connectivity index (χ3n) is 0.167. The van der Waals surface area contributed by atoms with Crippen LogP contribution in [0.2, 0.25) is 0 Å². The fraction of sp³-hybridized carbons (Fsp3) is 0.600. The number of aliphatic carboxylic acids is 4. The summed E-state index contributed by atoms with van der Waals surface area (Å²) in [7, 11) is 0. The van der Waals surface area contributed by atoms with Crippen LogP contribution in [-0.4, -0.2) is 57.4 Å². The average Bonchev–Trinajstić information content (AvgIpc) is 2.13. The number of carboxylic acid groups (broad SMARTS) is 4. The zero-order valence-electron chi connectivity index (χ0n) is 14.1. The maximum Gasteiger partial charge on any atom is 0.300 e. The van der Waals surface area contributed by atoms with Crippen LogP contribution < -0.4 is 23.8 Å². The molecule has 0 aromatic carbocycles. The molecule has 0 aliphatic heterocycles. The summed E-state index contributed by atoms with van der Waals surface area (Å²) < 4.78 is 0. The molecule has 140 valence electrons. The third kappa shape index (κ3) is 15900. The predicted molar refractivity (Wildman–Crippen MR) is 81.4 cm³/mol. The van der Waals surface area contributed by atoms with Gasteiger partial charge in [-0.25, -0.2) is 0 Å². The first-order valence-electron chi connectivity index (χ1n) is 5.03. The van der Waals surface area contributed by atoms with Crippen LogP contribution in [0.4, 0.5) is 0 Å². The van der Waals surface area contributed by atoms with E-state index in [1.165, 1.54) is 0 Å². The molecule has 0 radical (unpaired) electrons. The largest absolute Gasteiger partial charge is 0.481 e. The van der Waals surface area contributed by atoms with Crippen LogP contribution in [-0.2, 0) is 38.7 Å². The van der Waals surface area contributed by atoms with E-state index in [0.29, 0.717) is 13.1 Å². The Kier molecular flexibility index (Phi) is 108. The summed E-state index contributed by atoms with van der Waals surface area (Å²) in [6, 6.07) is 0. The van der Waals surface area contributed by atoms with Gasteiger partial charge in [-0.1, -0.05) is 0 Å². The Morgan fingerprint density at radius 3 is 0.652 bits per heavy atom. The van der Waals surface area contributed by atoms with Gasteiger partial charge in [0.2, 0.25) is 0 Å². The Morgan fingerprint density at radius 1 is 0.609 bits per heavy atom. The maximum absolute atomic E-state index is 9.00. The molecule has 0 aliphatic carbocycles. The van der Waals surface area contributed by atoms with Gasteiger partial charge >= 0.3 is 0 Å². The predicted octanol–water partition coefficient (Wildman–Crippen LogP) is -0.411. The van der Waals surface area contributed by atoms with E-state index in [2.05, 4.69) is 0 Å². The molecule has 0 aromatic heterocycles. The summed E-state index contributed by atoms with van der Waals surface area (Å²) in [5, 5.41) is 29.7. The summed E-state index contributed by atoms with van der Waals surface area (Å²) in [5.74, 6) is -3.33. The normalized spacial score (nSPS) is 5.65. The molecule has 12 nitrogen and oxygen atoms in total. The Morgan fingerprint density at radius 2 is 0.652 bits per heavy atom. The summed E-state index contributed by atoms with van der Waals surface area (Å²) in [6.07, 6.45) is 0. The molecule has 13 heteroatoms. The second-order valence-corrected chi connectivity index (χ2v) is 2.65. The minimum absolute atomic E-state index is 0. The summed E-state index contributed by atoms with van der Waals surface area (Å²) >= 11 is 0. The van der Waals surface area contributed by atoms with Crippen LogP contribution in [0.3, 0.4) is 0 Å². The SMILES string of the molecule is CC(=O)O.CC(=O)O.CC(=O)O.CC(=O)O.N.N.NCCN.[Zn]. The molecule has 0 spiro atoms. The second kappa shape index (κ2) is 50.0. The Bertz CT molecular complexity index is 201. The van der Waals surface area contributed by atoms with Crippen molar-refractivity contribution in [3.63, 3.8) is 0 Å². The molecule has 0 amide bonds. The van der Waals surface area contributed by atoms with E-state index in [0.717, 1.165) is 27.7 Å². The minimum atomic E-state index is -0.833. The summed E-state index contributed by atoms with van der Waals surface area (Å²) in [6.45, 7) is 5.53. The topological polar surface area (TPSA) is 271 Å². The molecule has 14 N–H and O–H groups in total. The van der Waals surface area contributed by atoms with Crippen LogP contribution in [0.15, 0.2) is 0 Å². The van der Waals surface area contributed by atoms with Gasteiger partial charge in [0.15, 0.2) is 0 Å². The number of rotatable bonds is 1. The molecule has 23 heavy (non-hydrogen) atoms. The van der Waals surface area contributed by atoms with Gasteiger partial charge in [-0.15, -0.1) is 0 Å². The van der Waals surface area contributed by atoms with E-state index in [1.807, 2.05) is 0 Å². The van der Waals surface area contributed by atoms with Gasteiger partial charge in [0, 0.05) is 60.3 Å². The van der Waals surface area contributed by atoms with Crippen molar-refractivity contribution >= 4 is 23.9 Å². The Hall–Kier alpha value is -1.66. The van der Waals surface area contributed by atoms with Crippen molar-refractivity contribution < 1.29 is 59.1 Å². The first kappa shape index (κ1) is 49.6. The van der Waals surface area contributed by atoms with Gasteiger partial charge in [-0.05, 0) is 0 Å². The van der Waals surface area contributed by atoms with Crippen LogP contribution >= 0.6 is 0 Å². The quantitative estimate of drug-likeness (QED) is 0.261. The van der Waals surface area contributed by atoms with Crippen molar-refractivity contribution in [2.24, 2.45) is 11.5 Å². The molecular weight excluding hydrogens is 370 g/mol. The van der Waals surface area contributed by atoms with E-state index >= 15 is 0 Å². The van der Waals surface area contributed by atoms with Crippen molar-refractivity contribution in [1.29, 1.82) is 0 Å². The van der Waals surface area contributed by atoms with Gasteiger partial charge in [-0.3, -0.25) is 19.2 Å². The van der Waals surface area contributed by atoms with Crippen LogP contribution in [0, 0.1) is 0 Å². The number of nitrogens with two attached hydrogens (primary N) is 2. The molecule has 0 fully saturated rings. The fourth-order valence-corrected chi connectivity index (χ4v) is 0. The molecule has 0 heterocycles. The standard InChI is InChI=1S/C2H8N2.4C2H4O2.2H3N.Zn/c3-1-2-4;4*1-2(3)4;;;/h1-4H2;4*1H3,(H,3,4);2*1H3;. The number of hydrogen-bond acceptors (Lipinski definition) is 8. The second-order valence-electron chi connectivity index (χ2n) is 2.65. The van der Waals surface area contributed by atoms with E-state index in [1.54, 1.807) is 0 Å². The monoisotopic (exact) mass is 398 g/mol. The zero-order chi connectivity index (χ0) is 17.7. The smallest absolute Gasteiger partial charge is 0.300 e. The van der Waals surface area contributed by atoms with Crippen molar-refractivity contribution in [3.05, 3.63) is 0 Å². The Labute approximate surface area is 148 Å². The van der Waals surface area contributed by atoms with Crippen LogP contribution in [0.25, 0.3) is 0 Å². The molecule has 0 atom stereocenters. The van der Waals surface area contributed by atoms with E-state index in [9.17, 15) is 0 Å². The van der Waals surface area contributed by atoms with Gasteiger partial charge in [-0.2, -0.15) is 0 Å². The van der Waals surface area contributed by atoms with Crippen molar-refractivity contribution in [2.45, 2.75) is 27.7 Å². The van der Waals surface area contributed by atoms with Gasteiger partial charge in [0.25, 0.3) is 23.9 Å². The molecule has 0 unspecified atom stereocenters. The first-order valence-corrected chi connectivity index (χ1v) is 5.03. The van der Waals surface area contributed by atoms with Crippen molar-refractivity contribution in [2.75, 3.05) is 13.1 Å². The molecule has 0 rings (SSSR count). The fourth-order valence-electron chi connectivity index (χ4n) is 0. The minimum Gasteiger partial charge on any atom is -0.481 e. The van der Waals surface area contributed by atoms with Gasteiger partial charge in [0.05, 0.1) is 0 Å². The maximum atomic E-state index is 9.00. The van der Waals surface area contributed by atoms with Crippen molar-refractivity contribution in [1.82, 2.24) is 12.3 Å². The molecular formula is C10H30N4O8Zn. The molecule has 0 bridgehead atoms. The number of carbonyl (C=O) groups is 4. The van der Waals surface area contributed by atoms with E-state index < -0.39 is 23.9 Å². The van der Waals surface area contributed by atoms with E-state index in [-0.39, 0.29) is 31.8 Å². The van der Waals surface area contributed by atoms with E-state index in [4.69, 9.17) is 51.1 Å². The third-order valence-corrected chi connectivity index (χ3v) is 0.167. The van der Waals surface area contributed by atoms with Gasteiger partial charge < -0.3 is 44.2 Å². The first-order chi connectivity index (χ1) is 8.84. The zero-order valence-corrected chi connectivity index (χ0v) is 17.1. The summed E-state index contributed by atoms with van der Waals surface area (Å²) in [5.41, 5.74) is 9.81. The Balaban J connectivity index is -0.0000000197. The molecule has 0 saturated heterocycles. The number of carboxylic acids is 4. The van der Waals surface area contributed by atoms with Crippen molar-refractivity contribution in [3.8, 4) is 0 Å². The van der Waals surface area contributed by atoms with Crippen LogP contribution in [0.5, 0.6) is 0 Å². The van der Waals surface area contributed by atoms with Gasteiger partial charge in [0.1, 0.15) is 0 Å². The van der Waals surface area contributed by atoms with Crippen LogP contribution in [0.1, 0.15) is 27.7 Å². The molecule has 0 aromatic rings.